The fourth-order valence-corrected chi connectivity index (χ4v) is 2.93. The molecule has 146 valence electrons. The van der Waals surface area contributed by atoms with Gasteiger partial charge in [-0.2, -0.15) is 0 Å². The minimum Gasteiger partial charge on any atom is -0.508 e. The van der Waals surface area contributed by atoms with E-state index in [1.807, 2.05) is 25.1 Å². The maximum absolute atomic E-state index is 12.4. The number of aromatic hydroxyl groups is 1. The molecule has 0 bridgehead atoms. The van der Waals surface area contributed by atoms with Gasteiger partial charge in [-0.05, 0) is 49.4 Å². The summed E-state index contributed by atoms with van der Waals surface area (Å²) in [5, 5.41) is 12.3. The van der Waals surface area contributed by atoms with Crippen molar-refractivity contribution in [3.8, 4) is 5.75 Å². The van der Waals surface area contributed by atoms with Crippen molar-refractivity contribution in [2.24, 2.45) is 5.73 Å². The van der Waals surface area contributed by atoms with Crippen LogP contribution >= 0.6 is 0 Å². The molecule has 6 heteroatoms. The molecular formula is C22H25N3O3. The normalized spacial score (nSPS) is 13.1. The van der Waals surface area contributed by atoms with Crippen LogP contribution in [0, 0.1) is 0 Å². The van der Waals surface area contributed by atoms with Crippen molar-refractivity contribution in [2.75, 3.05) is 0 Å². The molecule has 1 aromatic heterocycles. The highest BCUT2D eigenvalue weighted by atomic mass is 16.3. The van der Waals surface area contributed by atoms with Gasteiger partial charge in [0, 0.05) is 6.04 Å². The number of rotatable bonds is 8. The SMILES string of the molecule is CC(CCc1ccccc1)NC(=O)c1coc(C(N)Cc2ccc(O)cc2)n1. The van der Waals surface area contributed by atoms with Gasteiger partial charge in [-0.3, -0.25) is 4.79 Å². The quantitative estimate of drug-likeness (QED) is 0.557. The Morgan fingerprint density at radius 3 is 2.57 bits per heavy atom. The molecule has 0 radical (unpaired) electrons. The number of hydrogen-bond donors (Lipinski definition) is 3. The average molecular weight is 379 g/mol. The van der Waals surface area contributed by atoms with Crippen LogP contribution in [0.25, 0.3) is 0 Å². The summed E-state index contributed by atoms with van der Waals surface area (Å²) in [6.45, 7) is 1.97. The number of oxazole rings is 1. The van der Waals surface area contributed by atoms with Crippen LogP contribution in [0.1, 0.15) is 46.9 Å². The maximum Gasteiger partial charge on any atom is 0.273 e. The number of hydrogen-bond acceptors (Lipinski definition) is 5. The van der Waals surface area contributed by atoms with Gasteiger partial charge in [0.15, 0.2) is 5.69 Å². The van der Waals surface area contributed by atoms with E-state index in [4.69, 9.17) is 10.2 Å². The molecule has 28 heavy (non-hydrogen) atoms. The van der Waals surface area contributed by atoms with Crippen molar-refractivity contribution in [3.05, 3.63) is 83.6 Å². The Morgan fingerprint density at radius 1 is 1.14 bits per heavy atom. The number of nitrogens with one attached hydrogen (secondary N) is 1. The first-order valence-corrected chi connectivity index (χ1v) is 9.35. The third kappa shape index (κ3) is 5.44. The smallest absolute Gasteiger partial charge is 0.273 e. The fraction of sp³-hybridized carbons (Fsp3) is 0.273. The van der Waals surface area contributed by atoms with Crippen molar-refractivity contribution < 1.29 is 14.3 Å². The summed E-state index contributed by atoms with van der Waals surface area (Å²) in [4.78, 5) is 16.6. The molecule has 6 nitrogen and oxygen atoms in total. The minimum absolute atomic E-state index is 0.0125. The van der Waals surface area contributed by atoms with Gasteiger partial charge in [0.25, 0.3) is 5.91 Å². The van der Waals surface area contributed by atoms with E-state index in [1.165, 1.54) is 11.8 Å². The third-order valence-electron chi connectivity index (χ3n) is 4.55. The van der Waals surface area contributed by atoms with Crippen LogP contribution in [-0.2, 0) is 12.8 Å². The largest absolute Gasteiger partial charge is 0.508 e. The van der Waals surface area contributed by atoms with Gasteiger partial charge in [-0.1, -0.05) is 42.5 Å². The van der Waals surface area contributed by atoms with Crippen LogP contribution in [-0.4, -0.2) is 22.0 Å². The third-order valence-corrected chi connectivity index (χ3v) is 4.55. The van der Waals surface area contributed by atoms with Crippen LogP contribution in [0.4, 0.5) is 0 Å². The summed E-state index contributed by atoms with van der Waals surface area (Å²) in [5.74, 6) is 0.247. The van der Waals surface area contributed by atoms with Gasteiger partial charge in [0.1, 0.15) is 12.0 Å². The van der Waals surface area contributed by atoms with E-state index < -0.39 is 6.04 Å². The number of amides is 1. The Bertz CT molecular complexity index is 891. The van der Waals surface area contributed by atoms with E-state index in [-0.39, 0.29) is 23.4 Å². The van der Waals surface area contributed by atoms with Gasteiger partial charge >= 0.3 is 0 Å². The molecule has 3 rings (SSSR count). The van der Waals surface area contributed by atoms with Gasteiger partial charge < -0.3 is 20.6 Å². The highest BCUT2D eigenvalue weighted by Gasteiger charge is 2.18. The van der Waals surface area contributed by atoms with Crippen molar-refractivity contribution >= 4 is 5.91 Å². The molecule has 1 heterocycles. The van der Waals surface area contributed by atoms with E-state index in [9.17, 15) is 9.90 Å². The molecule has 0 aliphatic heterocycles. The molecular weight excluding hydrogens is 354 g/mol. The molecule has 2 unspecified atom stereocenters. The van der Waals surface area contributed by atoms with Crippen molar-refractivity contribution in [3.63, 3.8) is 0 Å². The van der Waals surface area contributed by atoms with Gasteiger partial charge in [0.2, 0.25) is 5.89 Å². The van der Waals surface area contributed by atoms with E-state index in [1.54, 1.807) is 24.3 Å². The van der Waals surface area contributed by atoms with E-state index in [0.29, 0.717) is 12.3 Å². The maximum atomic E-state index is 12.4. The number of benzene rings is 2. The second-order valence-corrected chi connectivity index (χ2v) is 6.95. The lowest BCUT2D eigenvalue weighted by Crippen LogP contribution is -2.33. The Morgan fingerprint density at radius 2 is 1.86 bits per heavy atom. The molecule has 0 saturated carbocycles. The first-order valence-electron chi connectivity index (χ1n) is 9.35. The van der Waals surface area contributed by atoms with Crippen LogP contribution < -0.4 is 11.1 Å². The van der Waals surface area contributed by atoms with Crippen molar-refractivity contribution in [2.45, 2.75) is 38.3 Å². The van der Waals surface area contributed by atoms with Crippen LogP contribution in [0.5, 0.6) is 5.75 Å². The first kappa shape index (κ1) is 19.6. The Kier molecular flexibility index (Phi) is 6.45. The van der Waals surface area contributed by atoms with Crippen molar-refractivity contribution in [1.82, 2.24) is 10.3 Å². The summed E-state index contributed by atoms with van der Waals surface area (Å²) in [7, 11) is 0. The van der Waals surface area contributed by atoms with E-state index in [2.05, 4.69) is 22.4 Å². The van der Waals surface area contributed by atoms with Gasteiger partial charge in [-0.25, -0.2) is 4.98 Å². The number of phenols is 1. The van der Waals surface area contributed by atoms with Crippen LogP contribution in [0.15, 0.2) is 65.3 Å². The molecule has 0 aliphatic carbocycles. The fourth-order valence-electron chi connectivity index (χ4n) is 2.93. The molecule has 2 aromatic carbocycles. The summed E-state index contributed by atoms with van der Waals surface area (Å²) >= 11 is 0. The second kappa shape index (κ2) is 9.19. The molecule has 4 N–H and O–H groups in total. The predicted octanol–water partition coefficient (Wildman–Crippen LogP) is 3.37. The lowest BCUT2D eigenvalue weighted by Gasteiger charge is -2.12. The molecule has 0 fully saturated rings. The first-order chi connectivity index (χ1) is 13.5. The van der Waals surface area contributed by atoms with Gasteiger partial charge in [0.05, 0.1) is 6.04 Å². The Balaban J connectivity index is 1.52. The average Bonchev–Trinajstić information content (AvgIpc) is 3.19. The lowest BCUT2D eigenvalue weighted by atomic mass is 10.1. The Hall–Kier alpha value is -3.12. The minimum atomic E-state index is -0.471. The molecule has 2 atom stereocenters. The van der Waals surface area contributed by atoms with Crippen molar-refractivity contribution in [1.29, 1.82) is 0 Å². The standard InChI is InChI=1S/C22H25N3O3/c1-15(7-8-16-5-3-2-4-6-16)24-21(27)20-14-28-22(25-20)19(23)13-17-9-11-18(26)12-10-17/h2-6,9-12,14-15,19,26H,7-8,13,23H2,1H3,(H,24,27). The number of carbonyl (C=O) groups is 1. The zero-order valence-electron chi connectivity index (χ0n) is 15.8. The van der Waals surface area contributed by atoms with Crippen LogP contribution in [0.3, 0.4) is 0 Å². The second-order valence-electron chi connectivity index (χ2n) is 6.95. The van der Waals surface area contributed by atoms with E-state index >= 15 is 0 Å². The van der Waals surface area contributed by atoms with E-state index in [0.717, 1.165) is 18.4 Å². The monoisotopic (exact) mass is 379 g/mol. The molecule has 1 amide bonds. The number of phenolic OH excluding ortho intramolecular Hbond substituents is 1. The number of nitrogens with zero attached hydrogens (tertiary/aromatic N) is 1. The summed E-state index contributed by atoms with van der Waals surface area (Å²) in [6, 6.07) is 16.5. The molecule has 3 aromatic rings. The van der Waals surface area contributed by atoms with Gasteiger partial charge in [-0.15, -0.1) is 0 Å². The zero-order valence-corrected chi connectivity index (χ0v) is 15.8. The number of nitrogens with two attached hydrogens (primary N) is 1. The summed E-state index contributed by atoms with van der Waals surface area (Å²) in [5.41, 5.74) is 8.56. The number of aromatic nitrogens is 1. The summed E-state index contributed by atoms with van der Waals surface area (Å²) in [6.07, 6.45) is 3.56. The summed E-state index contributed by atoms with van der Waals surface area (Å²) < 4.78 is 5.41. The topological polar surface area (TPSA) is 101 Å². The molecule has 0 spiro atoms. The molecule has 0 aliphatic rings. The van der Waals surface area contributed by atoms with Crippen LogP contribution in [0.2, 0.25) is 0 Å². The Labute approximate surface area is 164 Å². The number of aryl methyl sites for hydroxylation is 1. The highest BCUT2D eigenvalue weighted by molar-refractivity contribution is 5.92. The lowest BCUT2D eigenvalue weighted by molar-refractivity contribution is 0.0933. The predicted molar refractivity (Wildman–Crippen MR) is 107 cm³/mol. The number of carbonyl (C=O) groups excluding carboxylic acids is 1. The zero-order chi connectivity index (χ0) is 19.9. The highest BCUT2D eigenvalue weighted by Crippen LogP contribution is 2.18. The molecule has 0 saturated heterocycles.